The van der Waals surface area contributed by atoms with Gasteiger partial charge in [-0.3, -0.25) is 0 Å². The fourth-order valence-corrected chi connectivity index (χ4v) is 3.05. The second-order valence-corrected chi connectivity index (χ2v) is 7.04. The molecule has 0 saturated carbocycles. The molecule has 1 aromatic carbocycles. The van der Waals surface area contributed by atoms with Crippen molar-refractivity contribution in [3.63, 3.8) is 0 Å². The summed E-state index contributed by atoms with van der Waals surface area (Å²) in [5.74, 6) is 0.689. The van der Waals surface area contributed by atoms with Gasteiger partial charge in [0.15, 0.2) is 5.96 Å². The van der Waals surface area contributed by atoms with Crippen molar-refractivity contribution in [1.29, 1.82) is 0 Å². The van der Waals surface area contributed by atoms with Gasteiger partial charge in [-0.1, -0.05) is 29.8 Å². The number of halogens is 1. The molecule has 1 unspecified atom stereocenters. The molecule has 5 nitrogen and oxygen atoms in total. The molecule has 25 heavy (non-hydrogen) atoms. The van der Waals surface area contributed by atoms with Gasteiger partial charge in [-0.2, -0.15) is 0 Å². The SMILES string of the molecule is CCNC(=NCc1nc(C)c(C)s1)NCC(O)c1ccc(C)cc1.I. The molecular weight excluding hydrogens is 447 g/mol. The van der Waals surface area contributed by atoms with Crippen molar-refractivity contribution in [3.8, 4) is 0 Å². The van der Waals surface area contributed by atoms with Gasteiger partial charge in [0.05, 0.1) is 18.3 Å². The Morgan fingerprint density at radius 3 is 2.44 bits per heavy atom. The van der Waals surface area contributed by atoms with E-state index in [4.69, 9.17) is 0 Å². The predicted molar refractivity (Wildman–Crippen MR) is 116 cm³/mol. The standard InChI is InChI=1S/C18H26N4OS.HI/c1-5-19-18(21-11-17-22-13(3)14(4)24-17)20-10-16(23)15-8-6-12(2)7-9-15;/h6-9,16,23H,5,10-11H2,1-4H3,(H2,19,20,21);1H. The third kappa shape index (κ3) is 6.91. The maximum atomic E-state index is 10.3. The summed E-state index contributed by atoms with van der Waals surface area (Å²) in [6, 6.07) is 7.91. The number of hydrogen-bond donors (Lipinski definition) is 3. The third-order valence-corrected chi connectivity index (χ3v) is 4.77. The number of nitrogens with zero attached hydrogens (tertiary/aromatic N) is 2. The monoisotopic (exact) mass is 474 g/mol. The highest BCUT2D eigenvalue weighted by molar-refractivity contribution is 14.0. The van der Waals surface area contributed by atoms with E-state index in [0.29, 0.717) is 19.0 Å². The number of aliphatic hydroxyl groups excluding tert-OH is 1. The number of aromatic nitrogens is 1. The van der Waals surface area contributed by atoms with E-state index in [1.807, 2.05) is 45.0 Å². The highest BCUT2D eigenvalue weighted by Gasteiger charge is 2.09. The van der Waals surface area contributed by atoms with Crippen molar-refractivity contribution in [1.82, 2.24) is 15.6 Å². The lowest BCUT2D eigenvalue weighted by molar-refractivity contribution is 0.181. The van der Waals surface area contributed by atoms with Crippen LogP contribution in [0, 0.1) is 20.8 Å². The van der Waals surface area contributed by atoms with Crippen LogP contribution in [0.25, 0.3) is 0 Å². The van der Waals surface area contributed by atoms with Crippen molar-refractivity contribution in [2.75, 3.05) is 13.1 Å². The summed E-state index contributed by atoms with van der Waals surface area (Å²) in [6.45, 7) is 9.85. The highest BCUT2D eigenvalue weighted by atomic mass is 127. The van der Waals surface area contributed by atoms with E-state index in [-0.39, 0.29) is 24.0 Å². The molecular formula is C18H27IN4OS. The molecule has 0 aliphatic carbocycles. The lowest BCUT2D eigenvalue weighted by Gasteiger charge is -2.15. The van der Waals surface area contributed by atoms with Crippen LogP contribution in [0.5, 0.6) is 0 Å². The minimum absolute atomic E-state index is 0. The molecule has 0 fully saturated rings. The molecule has 0 aliphatic rings. The summed E-state index contributed by atoms with van der Waals surface area (Å²) in [4.78, 5) is 10.3. The Balaban J connectivity index is 0.00000312. The second kappa shape index (κ2) is 10.7. The van der Waals surface area contributed by atoms with Crippen molar-refractivity contribution < 1.29 is 5.11 Å². The molecule has 7 heteroatoms. The third-order valence-electron chi connectivity index (χ3n) is 3.71. The Bertz CT molecular complexity index is 665. The number of benzene rings is 1. The zero-order chi connectivity index (χ0) is 17.5. The molecule has 0 spiro atoms. The van der Waals surface area contributed by atoms with E-state index >= 15 is 0 Å². The fraction of sp³-hybridized carbons (Fsp3) is 0.444. The number of guanidine groups is 1. The normalized spacial score (nSPS) is 12.4. The lowest BCUT2D eigenvalue weighted by atomic mass is 10.1. The molecule has 1 atom stereocenters. The van der Waals surface area contributed by atoms with Gasteiger partial charge in [-0.25, -0.2) is 9.98 Å². The topological polar surface area (TPSA) is 69.5 Å². The van der Waals surface area contributed by atoms with Crippen LogP contribution in [0.3, 0.4) is 0 Å². The van der Waals surface area contributed by atoms with Crippen LogP contribution in [0.4, 0.5) is 0 Å². The average molecular weight is 474 g/mol. The molecule has 2 aromatic rings. The summed E-state index contributed by atoms with van der Waals surface area (Å²) < 4.78 is 0. The summed E-state index contributed by atoms with van der Waals surface area (Å²) in [5.41, 5.74) is 3.15. The van der Waals surface area contributed by atoms with Crippen LogP contribution in [0.2, 0.25) is 0 Å². The smallest absolute Gasteiger partial charge is 0.191 e. The maximum absolute atomic E-state index is 10.3. The van der Waals surface area contributed by atoms with Gasteiger partial charge in [0, 0.05) is 18.0 Å². The summed E-state index contributed by atoms with van der Waals surface area (Å²) in [5, 5.41) is 17.7. The van der Waals surface area contributed by atoms with Gasteiger partial charge in [0.25, 0.3) is 0 Å². The van der Waals surface area contributed by atoms with Gasteiger partial charge in [0.2, 0.25) is 0 Å². The minimum atomic E-state index is -0.571. The number of aliphatic hydroxyl groups is 1. The number of nitrogens with one attached hydrogen (secondary N) is 2. The molecule has 2 rings (SSSR count). The molecule has 1 aromatic heterocycles. The van der Waals surface area contributed by atoms with E-state index in [1.165, 1.54) is 10.4 Å². The molecule has 0 aliphatic heterocycles. The van der Waals surface area contributed by atoms with Gasteiger partial charge in [0.1, 0.15) is 5.01 Å². The van der Waals surface area contributed by atoms with Crippen molar-refractivity contribution in [2.24, 2.45) is 4.99 Å². The molecule has 0 amide bonds. The van der Waals surface area contributed by atoms with Gasteiger partial charge < -0.3 is 15.7 Å². The number of aliphatic imine (C=N–C) groups is 1. The Morgan fingerprint density at radius 2 is 1.88 bits per heavy atom. The quantitative estimate of drug-likeness (QED) is 0.341. The van der Waals surface area contributed by atoms with Crippen LogP contribution in [-0.2, 0) is 6.54 Å². The Hall–Kier alpha value is -1.19. The molecule has 138 valence electrons. The minimum Gasteiger partial charge on any atom is -0.387 e. The largest absolute Gasteiger partial charge is 0.387 e. The highest BCUT2D eigenvalue weighted by Crippen LogP contribution is 2.17. The van der Waals surface area contributed by atoms with Crippen LogP contribution < -0.4 is 10.6 Å². The molecule has 0 saturated heterocycles. The van der Waals surface area contributed by atoms with E-state index in [0.717, 1.165) is 22.8 Å². The zero-order valence-corrected chi connectivity index (χ0v) is 18.3. The predicted octanol–water partition coefficient (Wildman–Crippen LogP) is 3.48. The summed E-state index contributed by atoms with van der Waals surface area (Å²) in [7, 11) is 0. The molecule has 0 bridgehead atoms. The van der Waals surface area contributed by atoms with Crippen LogP contribution in [0.15, 0.2) is 29.3 Å². The zero-order valence-electron chi connectivity index (χ0n) is 15.2. The van der Waals surface area contributed by atoms with E-state index in [1.54, 1.807) is 11.3 Å². The van der Waals surface area contributed by atoms with Crippen molar-refractivity contribution in [3.05, 3.63) is 51.0 Å². The summed E-state index contributed by atoms with van der Waals surface area (Å²) >= 11 is 1.67. The summed E-state index contributed by atoms with van der Waals surface area (Å²) in [6.07, 6.45) is -0.571. The van der Waals surface area contributed by atoms with Crippen molar-refractivity contribution in [2.45, 2.75) is 40.3 Å². The van der Waals surface area contributed by atoms with Gasteiger partial charge in [-0.15, -0.1) is 35.3 Å². The van der Waals surface area contributed by atoms with Gasteiger partial charge >= 0.3 is 0 Å². The van der Waals surface area contributed by atoms with Crippen LogP contribution in [0.1, 0.15) is 39.7 Å². The van der Waals surface area contributed by atoms with Crippen LogP contribution >= 0.6 is 35.3 Å². The average Bonchev–Trinajstić information content (AvgIpc) is 2.88. The first-order chi connectivity index (χ1) is 11.5. The molecule has 1 heterocycles. The number of rotatable bonds is 6. The Labute approximate surface area is 171 Å². The molecule has 0 radical (unpaired) electrons. The fourth-order valence-electron chi connectivity index (χ4n) is 2.20. The Morgan fingerprint density at radius 1 is 1.20 bits per heavy atom. The van der Waals surface area contributed by atoms with E-state index < -0.39 is 6.10 Å². The van der Waals surface area contributed by atoms with Crippen LogP contribution in [-0.4, -0.2) is 29.1 Å². The van der Waals surface area contributed by atoms with E-state index in [2.05, 4.69) is 27.5 Å². The second-order valence-electron chi connectivity index (χ2n) is 5.75. The maximum Gasteiger partial charge on any atom is 0.191 e. The number of aryl methyl sites for hydroxylation is 3. The van der Waals surface area contributed by atoms with Crippen molar-refractivity contribution >= 4 is 41.3 Å². The molecule has 3 N–H and O–H groups in total. The number of thiazole rings is 1. The van der Waals surface area contributed by atoms with E-state index in [9.17, 15) is 5.11 Å². The first-order valence-electron chi connectivity index (χ1n) is 8.19. The first-order valence-corrected chi connectivity index (χ1v) is 9.01. The lowest BCUT2D eigenvalue weighted by Crippen LogP contribution is -2.39. The van der Waals surface area contributed by atoms with Gasteiger partial charge in [-0.05, 0) is 33.3 Å². The number of hydrogen-bond acceptors (Lipinski definition) is 4. The first kappa shape index (κ1) is 21.9. The Kier molecular flexibility index (Phi) is 9.37.